The van der Waals surface area contributed by atoms with Crippen molar-refractivity contribution in [3.63, 3.8) is 0 Å². The summed E-state index contributed by atoms with van der Waals surface area (Å²) in [6, 6.07) is 7.37. The number of rotatable bonds is 10. The number of anilines is 1. The molecule has 25 heavy (non-hydrogen) atoms. The molecule has 2 rings (SSSR count). The Bertz CT molecular complexity index is 673. The van der Waals surface area contributed by atoms with E-state index in [0.29, 0.717) is 18.0 Å². The second kappa shape index (κ2) is 9.73. The second-order valence-corrected chi connectivity index (χ2v) is 5.78. The van der Waals surface area contributed by atoms with Crippen LogP contribution in [0.4, 0.5) is 5.69 Å². The molecule has 0 fully saturated rings. The Morgan fingerprint density at radius 3 is 2.80 bits per heavy atom. The summed E-state index contributed by atoms with van der Waals surface area (Å²) in [4.78, 5) is 14.5. The zero-order chi connectivity index (χ0) is 18.1. The minimum absolute atomic E-state index is 0.0903. The molecule has 0 radical (unpaired) electrons. The maximum Gasteiger partial charge on any atom is 0.238 e. The summed E-state index contributed by atoms with van der Waals surface area (Å²) in [6.07, 6.45) is 1.90. The van der Waals surface area contributed by atoms with Crippen LogP contribution in [0.5, 0.6) is 5.75 Å². The van der Waals surface area contributed by atoms with Gasteiger partial charge in [0.25, 0.3) is 0 Å². The van der Waals surface area contributed by atoms with Gasteiger partial charge in [-0.1, -0.05) is 26.0 Å². The molecule has 0 saturated carbocycles. The summed E-state index contributed by atoms with van der Waals surface area (Å²) in [5.41, 5.74) is 0.669. The molecular weight excluding hydrogens is 320 g/mol. The van der Waals surface area contributed by atoms with Gasteiger partial charge in [-0.05, 0) is 41.9 Å². The van der Waals surface area contributed by atoms with Crippen LogP contribution in [0.3, 0.4) is 0 Å². The normalized spacial score (nSPS) is 10.9. The van der Waals surface area contributed by atoms with Gasteiger partial charge in [-0.2, -0.15) is 0 Å². The lowest BCUT2D eigenvalue weighted by Crippen LogP contribution is -2.34. The zero-order valence-corrected chi connectivity index (χ0v) is 15.1. The number of nitrogens with zero attached hydrogens (tertiary/aromatic N) is 5. The third-order valence-corrected chi connectivity index (χ3v) is 3.69. The van der Waals surface area contributed by atoms with Crippen LogP contribution in [-0.4, -0.2) is 51.2 Å². The molecule has 1 aromatic carbocycles. The second-order valence-electron chi connectivity index (χ2n) is 5.78. The first kappa shape index (κ1) is 18.9. The van der Waals surface area contributed by atoms with Gasteiger partial charge >= 0.3 is 0 Å². The number of carbonyl (C=O) groups excluding carboxylic acids is 1. The van der Waals surface area contributed by atoms with E-state index in [1.807, 2.05) is 29.2 Å². The molecule has 1 heterocycles. The summed E-state index contributed by atoms with van der Waals surface area (Å²) in [7, 11) is 1.59. The van der Waals surface area contributed by atoms with Gasteiger partial charge in [-0.15, -0.1) is 5.10 Å². The van der Waals surface area contributed by atoms with Crippen LogP contribution in [0.25, 0.3) is 0 Å². The van der Waals surface area contributed by atoms with Crippen molar-refractivity contribution in [2.24, 2.45) is 0 Å². The molecule has 0 atom stereocenters. The largest absolute Gasteiger partial charge is 0.495 e. The Kier molecular flexibility index (Phi) is 7.34. The number of hydrogen-bond acceptors (Lipinski definition) is 6. The lowest BCUT2D eigenvalue weighted by Gasteiger charge is -2.20. The molecule has 8 nitrogen and oxygen atoms in total. The first-order valence-corrected chi connectivity index (χ1v) is 8.58. The molecule has 1 amide bonds. The average molecular weight is 346 g/mol. The highest BCUT2D eigenvalue weighted by atomic mass is 16.5. The third kappa shape index (κ3) is 5.53. The van der Waals surface area contributed by atoms with E-state index in [0.717, 1.165) is 31.8 Å². The van der Waals surface area contributed by atoms with Crippen molar-refractivity contribution in [1.82, 2.24) is 25.1 Å². The van der Waals surface area contributed by atoms with Crippen LogP contribution in [0.1, 0.15) is 32.5 Å². The number of methoxy groups -OCH3 is 1. The van der Waals surface area contributed by atoms with Crippen LogP contribution in [-0.2, 0) is 17.9 Å². The number of ether oxygens (including phenoxy) is 1. The predicted octanol–water partition coefficient (Wildman–Crippen LogP) is 1.94. The van der Waals surface area contributed by atoms with Gasteiger partial charge in [0.15, 0.2) is 5.82 Å². The van der Waals surface area contributed by atoms with Gasteiger partial charge < -0.3 is 10.1 Å². The molecule has 136 valence electrons. The smallest absolute Gasteiger partial charge is 0.238 e. The summed E-state index contributed by atoms with van der Waals surface area (Å²) < 4.78 is 7.06. The molecule has 0 bridgehead atoms. The standard InChI is InChI=1S/C17H26N6O2/c1-4-10-22(12-16-19-20-21-23(16)11-5-2)13-17(24)18-14-8-6-7-9-15(14)25-3/h6-9H,4-5,10-13H2,1-3H3,(H,18,24). The van der Waals surface area contributed by atoms with Crippen molar-refractivity contribution < 1.29 is 9.53 Å². The number of aryl methyl sites for hydroxylation is 1. The number of tetrazole rings is 1. The molecule has 0 spiro atoms. The van der Waals surface area contributed by atoms with E-state index in [2.05, 4.69) is 34.7 Å². The van der Waals surface area contributed by atoms with Gasteiger partial charge in [0.2, 0.25) is 5.91 Å². The Morgan fingerprint density at radius 1 is 1.28 bits per heavy atom. The summed E-state index contributed by atoms with van der Waals surface area (Å²) >= 11 is 0. The fourth-order valence-corrected chi connectivity index (χ4v) is 2.59. The number of benzene rings is 1. The molecule has 1 N–H and O–H groups in total. The van der Waals surface area contributed by atoms with E-state index in [1.165, 1.54) is 0 Å². The number of aromatic nitrogens is 4. The van der Waals surface area contributed by atoms with Gasteiger partial charge in [0, 0.05) is 6.54 Å². The Morgan fingerprint density at radius 2 is 2.08 bits per heavy atom. The molecular formula is C17H26N6O2. The minimum Gasteiger partial charge on any atom is -0.495 e. The summed E-state index contributed by atoms with van der Waals surface area (Å²) in [6.45, 7) is 6.54. The van der Waals surface area contributed by atoms with E-state index in [1.54, 1.807) is 11.8 Å². The molecule has 0 saturated heterocycles. The van der Waals surface area contributed by atoms with E-state index in [-0.39, 0.29) is 12.5 Å². The molecule has 0 aliphatic carbocycles. The van der Waals surface area contributed by atoms with Gasteiger partial charge in [-0.25, -0.2) is 4.68 Å². The van der Waals surface area contributed by atoms with Gasteiger partial charge in [0.1, 0.15) is 5.75 Å². The van der Waals surface area contributed by atoms with Crippen LogP contribution in [0, 0.1) is 0 Å². The quantitative estimate of drug-likeness (QED) is 0.708. The first-order chi connectivity index (χ1) is 12.2. The van der Waals surface area contributed by atoms with E-state index in [4.69, 9.17) is 4.74 Å². The minimum atomic E-state index is -0.0903. The van der Waals surface area contributed by atoms with Gasteiger partial charge in [-0.3, -0.25) is 9.69 Å². The van der Waals surface area contributed by atoms with Crippen molar-refractivity contribution in [3.05, 3.63) is 30.1 Å². The fraction of sp³-hybridized carbons (Fsp3) is 0.529. The van der Waals surface area contributed by atoms with Crippen LogP contribution < -0.4 is 10.1 Å². The summed E-state index contributed by atoms with van der Waals surface area (Å²) in [5, 5.41) is 14.7. The molecule has 0 unspecified atom stereocenters. The lowest BCUT2D eigenvalue weighted by atomic mass is 10.3. The molecule has 8 heteroatoms. The monoisotopic (exact) mass is 346 g/mol. The van der Waals surface area contributed by atoms with Crippen molar-refractivity contribution in [3.8, 4) is 5.75 Å². The van der Waals surface area contributed by atoms with Crippen molar-refractivity contribution in [2.45, 2.75) is 39.8 Å². The van der Waals surface area contributed by atoms with E-state index >= 15 is 0 Å². The molecule has 0 aliphatic rings. The first-order valence-electron chi connectivity index (χ1n) is 8.58. The zero-order valence-electron chi connectivity index (χ0n) is 15.1. The Balaban J connectivity index is 2.00. The summed E-state index contributed by atoms with van der Waals surface area (Å²) in [5.74, 6) is 1.33. The van der Waals surface area contributed by atoms with E-state index in [9.17, 15) is 4.79 Å². The van der Waals surface area contributed by atoms with Crippen molar-refractivity contribution >= 4 is 11.6 Å². The van der Waals surface area contributed by atoms with Crippen LogP contribution in [0.15, 0.2) is 24.3 Å². The highest BCUT2D eigenvalue weighted by Crippen LogP contribution is 2.22. The van der Waals surface area contributed by atoms with E-state index < -0.39 is 0 Å². The number of para-hydroxylation sites is 2. The van der Waals surface area contributed by atoms with Crippen LogP contribution in [0.2, 0.25) is 0 Å². The Hall–Kier alpha value is -2.48. The predicted molar refractivity (Wildman–Crippen MR) is 95.3 cm³/mol. The highest BCUT2D eigenvalue weighted by molar-refractivity contribution is 5.93. The average Bonchev–Trinajstić information content (AvgIpc) is 3.03. The maximum atomic E-state index is 12.4. The third-order valence-electron chi connectivity index (χ3n) is 3.69. The number of carbonyl (C=O) groups is 1. The lowest BCUT2D eigenvalue weighted by molar-refractivity contribution is -0.117. The van der Waals surface area contributed by atoms with Crippen LogP contribution >= 0.6 is 0 Å². The number of nitrogens with one attached hydrogen (secondary N) is 1. The number of hydrogen-bond donors (Lipinski definition) is 1. The molecule has 0 aliphatic heterocycles. The SMILES string of the molecule is CCCN(CC(=O)Nc1ccccc1OC)Cc1nnnn1CCC. The topological polar surface area (TPSA) is 85.2 Å². The van der Waals surface area contributed by atoms with Crippen molar-refractivity contribution in [1.29, 1.82) is 0 Å². The fourth-order valence-electron chi connectivity index (χ4n) is 2.59. The van der Waals surface area contributed by atoms with Gasteiger partial charge in [0.05, 0.1) is 25.9 Å². The maximum absolute atomic E-state index is 12.4. The Labute approximate surface area is 148 Å². The highest BCUT2D eigenvalue weighted by Gasteiger charge is 2.15. The molecule has 2 aromatic rings. The molecule has 1 aromatic heterocycles. The number of amides is 1. The van der Waals surface area contributed by atoms with Crippen molar-refractivity contribution in [2.75, 3.05) is 25.5 Å².